The van der Waals surface area contributed by atoms with Crippen LogP contribution in [0.3, 0.4) is 0 Å². The lowest BCUT2D eigenvalue weighted by atomic mass is 9.98. The number of nitrogens with two attached hydrogens (primary N) is 1. The Kier molecular flexibility index (Phi) is 8.33. The molecule has 0 amide bonds. The fourth-order valence-electron chi connectivity index (χ4n) is 3.94. The first-order valence-corrected chi connectivity index (χ1v) is 14.4. The van der Waals surface area contributed by atoms with Crippen LogP contribution in [0.15, 0.2) is 92.8 Å². The molecule has 0 fully saturated rings. The highest BCUT2D eigenvalue weighted by molar-refractivity contribution is 7.90. The van der Waals surface area contributed by atoms with Crippen LogP contribution in [-0.2, 0) is 9.84 Å². The maximum Gasteiger partial charge on any atom is 0.573 e. The number of benzene rings is 3. The number of ether oxygens (including phenoxy) is 1. The lowest BCUT2D eigenvalue weighted by molar-refractivity contribution is -0.274. The standard InChI is InChI=1S/C30H28F3N3O5S/c1-18-36-27(19-8-11-22(12-9-19)41-30(31,32)33)28(40-18)24-17-21(20-6-5-7-23(16-20)42(4,38)39)10-13-25(24)35-15-14-26(34)29(2,3)37/h5-17,37H,34H2,1-4H3. The van der Waals surface area contributed by atoms with Crippen molar-refractivity contribution in [2.24, 2.45) is 10.7 Å². The minimum absolute atomic E-state index is 0.147. The van der Waals surface area contributed by atoms with Crippen molar-refractivity contribution in [2.75, 3.05) is 6.26 Å². The van der Waals surface area contributed by atoms with Crippen LogP contribution in [0, 0.1) is 6.92 Å². The fourth-order valence-corrected chi connectivity index (χ4v) is 4.60. The Balaban J connectivity index is 1.87. The minimum atomic E-state index is -4.83. The summed E-state index contributed by atoms with van der Waals surface area (Å²) in [5, 5.41) is 10.1. The number of alkyl halides is 3. The molecule has 0 bridgehead atoms. The van der Waals surface area contributed by atoms with Crippen LogP contribution >= 0.6 is 0 Å². The molecule has 0 saturated carbocycles. The molecule has 1 heterocycles. The normalized spacial score (nSPS) is 13.1. The molecule has 12 heteroatoms. The molecule has 0 aliphatic carbocycles. The first-order valence-electron chi connectivity index (χ1n) is 12.5. The van der Waals surface area contributed by atoms with E-state index in [2.05, 4.69) is 14.7 Å². The van der Waals surface area contributed by atoms with Gasteiger partial charge in [-0.2, -0.15) is 0 Å². The van der Waals surface area contributed by atoms with Gasteiger partial charge in [-0.1, -0.05) is 18.2 Å². The molecule has 0 aliphatic heterocycles. The summed E-state index contributed by atoms with van der Waals surface area (Å²) in [5.41, 5.74) is 7.81. The Bertz CT molecular complexity index is 1770. The van der Waals surface area contributed by atoms with Crippen LogP contribution in [0.4, 0.5) is 18.9 Å². The summed E-state index contributed by atoms with van der Waals surface area (Å²) in [4.78, 5) is 9.12. The van der Waals surface area contributed by atoms with E-state index >= 15 is 0 Å². The smallest absolute Gasteiger partial charge is 0.440 e. The van der Waals surface area contributed by atoms with Gasteiger partial charge in [-0.05, 0) is 79.6 Å². The number of nitrogens with zero attached hydrogens (tertiary/aromatic N) is 2. The van der Waals surface area contributed by atoms with E-state index in [0.717, 1.165) is 6.26 Å². The summed E-state index contributed by atoms with van der Waals surface area (Å²) in [6.07, 6.45) is -0.833. The van der Waals surface area contributed by atoms with Gasteiger partial charge in [0.05, 0.1) is 16.2 Å². The highest BCUT2D eigenvalue weighted by Gasteiger charge is 2.31. The van der Waals surface area contributed by atoms with Crippen molar-refractivity contribution >= 4 is 21.7 Å². The number of oxazole rings is 1. The third-order valence-corrected chi connectivity index (χ3v) is 7.22. The monoisotopic (exact) mass is 599 g/mol. The van der Waals surface area contributed by atoms with Gasteiger partial charge in [0, 0.05) is 36.2 Å². The molecule has 42 heavy (non-hydrogen) atoms. The maximum absolute atomic E-state index is 12.7. The Labute approximate surface area is 240 Å². The lowest BCUT2D eigenvalue weighted by Crippen LogP contribution is -2.27. The van der Waals surface area contributed by atoms with Crippen LogP contribution in [0.1, 0.15) is 19.7 Å². The molecule has 1 aromatic heterocycles. The summed E-state index contributed by atoms with van der Waals surface area (Å²) in [7, 11) is -3.46. The van der Waals surface area contributed by atoms with Crippen molar-refractivity contribution in [1.29, 1.82) is 0 Å². The maximum atomic E-state index is 12.7. The van der Waals surface area contributed by atoms with E-state index in [9.17, 15) is 26.7 Å². The number of halogens is 3. The first-order chi connectivity index (χ1) is 19.5. The zero-order chi connectivity index (χ0) is 30.9. The third-order valence-electron chi connectivity index (χ3n) is 6.11. The molecule has 3 aromatic carbocycles. The average Bonchev–Trinajstić information content (AvgIpc) is 3.28. The molecule has 0 atom stereocenters. The summed E-state index contributed by atoms with van der Waals surface area (Å²) in [6.45, 7) is 4.70. The number of hydrogen-bond donors (Lipinski definition) is 2. The van der Waals surface area contributed by atoms with Gasteiger partial charge in [0.15, 0.2) is 21.5 Å². The number of aromatic nitrogens is 1. The highest BCUT2D eigenvalue weighted by Crippen LogP contribution is 2.41. The lowest BCUT2D eigenvalue weighted by Gasteiger charge is -2.16. The van der Waals surface area contributed by atoms with Crippen molar-refractivity contribution in [3.8, 4) is 39.5 Å². The van der Waals surface area contributed by atoms with E-state index in [0.29, 0.717) is 39.5 Å². The van der Waals surface area contributed by atoms with E-state index in [1.165, 1.54) is 56.5 Å². The van der Waals surface area contributed by atoms with Crippen LogP contribution in [0.25, 0.3) is 33.7 Å². The number of aliphatic imine (C=N–C) groups is 1. The van der Waals surface area contributed by atoms with E-state index in [4.69, 9.17) is 10.2 Å². The molecule has 8 nitrogen and oxygen atoms in total. The van der Waals surface area contributed by atoms with Crippen LogP contribution in [0.5, 0.6) is 5.75 Å². The second kappa shape index (κ2) is 11.5. The molecule has 0 unspecified atom stereocenters. The van der Waals surface area contributed by atoms with E-state index in [1.807, 2.05) is 0 Å². The van der Waals surface area contributed by atoms with E-state index in [-0.39, 0.29) is 22.1 Å². The van der Waals surface area contributed by atoms with Crippen LogP contribution in [0.2, 0.25) is 0 Å². The fraction of sp³-hybridized carbons (Fsp3) is 0.200. The van der Waals surface area contributed by atoms with Gasteiger partial charge in [-0.15, -0.1) is 13.2 Å². The van der Waals surface area contributed by atoms with Gasteiger partial charge >= 0.3 is 6.36 Å². The Hall–Kier alpha value is -4.42. The van der Waals surface area contributed by atoms with Gasteiger partial charge in [0.1, 0.15) is 11.4 Å². The predicted molar refractivity (Wildman–Crippen MR) is 154 cm³/mol. The Morgan fingerprint density at radius 1 is 1.02 bits per heavy atom. The quantitative estimate of drug-likeness (QED) is 0.218. The molecule has 0 radical (unpaired) electrons. The molecule has 4 rings (SSSR count). The topological polar surface area (TPSA) is 128 Å². The molecule has 3 N–H and O–H groups in total. The molecule has 0 spiro atoms. The highest BCUT2D eigenvalue weighted by atomic mass is 32.2. The van der Waals surface area contributed by atoms with E-state index < -0.39 is 21.8 Å². The molecule has 0 aliphatic rings. The summed E-state index contributed by atoms with van der Waals surface area (Å²) >= 11 is 0. The number of hydrogen-bond acceptors (Lipinski definition) is 8. The van der Waals surface area contributed by atoms with Crippen molar-refractivity contribution in [2.45, 2.75) is 37.6 Å². The summed E-state index contributed by atoms with van der Waals surface area (Å²) in [5.74, 6) is 0.188. The van der Waals surface area contributed by atoms with Crippen molar-refractivity contribution in [1.82, 2.24) is 4.98 Å². The van der Waals surface area contributed by atoms with Gasteiger partial charge in [0.25, 0.3) is 0 Å². The van der Waals surface area contributed by atoms with Crippen LogP contribution < -0.4 is 10.5 Å². The third kappa shape index (κ3) is 7.45. The zero-order valence-corrected chi connectivity index (χ0v) is 23.9. The number of allylic oxidation sites excluding steroid dienone is 1. The largest absolute Gasteiger partial charge is 0.573 e. The predicted octanol–water partition coefficient (Wildman–Crippen LogP) is 6.60. The minimum Gasteiger partial charge on any atom is -0.440 e. The van der Waals surface area contributed by atoms with Gasteiger partial charge < -0.3 is 20.0 Å². The second-order valence-corrected chi connectivity index (χ2v) is 12.0. The Morgan fingerprint density at radius 2 is 1.67 bits per heavy atom. The number of aliphatic hydroxyl groups is 1. The van der Waals surface area contributed by atoms with Crippen molar-refractivity contribution in [3.05, 3.63) is 84.4 Å². The van der Waals surface area contributed by atoms with Crippen molar-refractivity contribution in [3.63, 3.8) is 0 Å². The number of rotatable bonds is 8. The number of sulfone groups is 1. The van der Waals surface area contributed by atoms with Gasteiger partial charge in [-0.25, -0.2) is 13.4 Å². The van der Waals surface area contributed by atoms with Crippen LogP contribution in [-0.4, -0.2) is 42.9 Å². The average molecular weight is 600 g/mol. The molecule has 220 valence electrons. The molecule has 0 saturated heterocycles. The van der Waals surface area contributed by atoms with Gasteiger partial charge in [0.2, 0.25) is 0 Å². The summed E-state index contributed by atoms with van der Waals surface area (Å²) < 4.78 is 72.3. The van der Waals surface area contributed by atoms with Crippen molar-refractivity contribution < 1.29 is 35.8 Å². The zero-order valence-electron chi connectivity index (χ0n) is 23.1. The first kappa shape index (κ1) is 30.5. The molecular formula is C30H28F3N3O5S. The molecule has 4 aromatic rings. The second-order valence-electron chi connectivity index (χ2n) is 9.97. The molecular weight excluding hydrogens is 571 g/mol. The number of aryl methyl sites for hydroxylation is 1. The van der Waals surface area contributed by atoms with E-state index in [1.54, 1.807) is 43.3 Å². The van der Waals surface area contributed by atoms with Gasteiger partial charge in [-0.3, -0.25) is 4.99 Å². The SMILES string of the molecule is Cc1nc(-c2ccc(OC(F)(F)F)cc2)c(-c2cc(-c3cccc(S(C)(=O)=O)c3)ccc2N=CC=C(N)C(C)(C)O)o1. The Morgan fingerprint density at radius 3 is 2.29 bits per heavy atom. The summed E-state index contributed by atoms with van der Waals surface area (Å²) in [6, 6.07) is 16.9.